The van der Waals surface area contributed by atoms with Gasteiger partial charge in [-0.25, -0.2) is 4.68 Å². The number of ether oxygens (including phenoxy) is 1. The number of H-pyrrole nitrogens is 1. The van der Waals surface area contributed by atoms with Crippen LogP contribution in [0.2, 0.25) is 0 Å². The third kappa shape index (κ3) is 2.53. The summed E-state index contributed by atoms with van der Waals surface area (Å²) in [5.41, 5.74) is 2.40. The first kappa shape index (κ1) is 17.2. The maximum atomic E-state index is 13.1. The Balaban J connectivity index is 1.65. The van der Waals surface area contributed by atoms with Crippen molar-refractivity contribution in [2.24, 2.45) is 0 Å². The van der Waals surface area contributed by atoms with Crippen LogP contribution in [0.25, 0.3) is 10.9 Å². The number of ketones is 2. The molecule has 1 aromatic heterocycles. The average molecular weight is 384 g/mol. The summed E-state index contributed by atoms with van der Waals surface area (Å²) < 4.78 is 6.61. The molecule has 1 aliphatic carbocycles. The number of hydrogen-bond acceptors (Lipinski definition) is 4. The summed E-state index contributed by atoms with van der Waals surface area (Å²) >= 11 is 0. The topological polar surface area (TPSA) is 81.2 Å². The first-order chi connectivity index (χ1) is 14.1. The zero-order valence-corrected chi connectivity index (χ0v) is 15.6. The molecule has 29 heavy (non-hydrogen) atoms. The number of hydrogen-bond donors (Lipinski definition) is 1. The lowest BCUT2D eigenvalue weighted by Gasteiger charge is -2.17. The highest BCUT2D eigenvalue weighted by Gasteiger charge is 2.32. The van der Waals surface area contributed by atoms with Crippen molar-refractivity contribution >= 4 is 22.5 Å². The smallest absolute Gasteiger partial charge is 0.274 e. The minimum Gasteiger partial charge on any atom is -0.497 e. The standard InChI is InChI=1S/C23H16N2O4/c1-29-14-8-6-13(7-9-14)12-25-23(28)18-11-10-17-19(20(18)24-25)22(27)16-5-3-2-4-15(16)21(17)26/h2-11,24H,12H2,1H3. The average Bonchev–Trinajstić information content (AvgIpc) is 3.07. The molecule has 1 aliphatic rings. The van der Waals surface area contributed by atoms with Crippen LogP contribution in [0, 0.1) is 0 Å². The Bertz CT molecular complexity index is 1360. The van der Waals surface area contributed by atoms with Gasteiger partial charge >= 0.3 is 0 Å². The van der Waals surface area contributed by atoms with E-state index in [9.17, 15) is 14.4 Å². The van der Waals surface area contributed by atoms with Crippen LogP contribution >= 0.6 is 0 Å². The molecule has 0 bridgehead atoms. The van der Waals surface area contributed by atoms with E-state index in [1.54, 1.807) is 43.5 Å². The predicted molar refractivity (Wildman–Crippen MR) is 108 cm³/mol. The van der Waals surface area contributed by atoms with Gasteiger partial charge in [-0.1, -0.05) is 36.4 Å². The van der Waals surface area contributed by atoms with E-state index in [1.165, 1.54) is 4.68 Å². The Hall–Kier alpha value is -3.93. The highest BCUT2D eigenvalue weighted by Crippen LogP contribution is 2.31. The van der Waals surface area contributed by atoms with Crippen molar-refractivity contribution in [3.63, 3.8) is 0 Å². The van der Waals surface area contributed by atoms with E-state index in [1.807, 2.05) is 24.3 Å². The van der Waals surface area contributed by atoms with E-state index in [-0.39, 0.29) is 22.7 Å². The molecule has 0 atom stereocenters. The molecular formula is C23H16N2O4. The van der Waals surface area contributed by atoms with Crippen molar-refractivity contribution in [1.29, 1.82) is 0 Å². The third-order valence-corrected chi connectivity index (χ3v) is 5.32. The summed E-state index contributed by atoms with van der Waals surface area (Å²) in [7, 11) is 1.59. The van der Waals surface area contributed by atoms with Crippen molar-refractivity contribution in [3.8, 4) is 5.75 Å². The quantitative estimate of drug-likeness (QED) is 0.518. The van der Waals surface area contributed by atoms with Crippen LogP contribution in [0.4, 0.5) is 0 Å². The highest BCUT2D eigenvalue weighted by molar-refractivity contribution is 6.31. The van der Waals surface area contributed by atoms with Crippen LogP contribution < -0.4 is 10.3 Å². The molecule has 0 unspecified atom stereocenters. The Labute approximate surface area is 165 Å². The molecule has 0 radical (unpaired) electrons. The van der Waals surface area contributed by atoms with E-state index in [0.717, 1.165) is 11.3 Å². The monoisotopic (exact) mass is 384 g/mol. The second kappa shape index (κ2) is 6.31. The molecule has 6 nitrogen and oxygen atoms in total. The summed E-state index contributed by atoms with van der Waals surface area (Å²) in [4.78, 5) is 38.9. The minimum atomic E-state index is -0.251. The first-order valence-electron chi connectivity index (χ1n) is 9.15. The molecule has 3 aromatic carbocycles. The molecular weight excluding hydrogens is 368 g/mol. The van der Waals surface area contributed by atoms with Crippen LogP contribution in [0.1, 0.15) is 37.4 Å². The van der Waals surface area contributed by atoms with Gasteiger partial charge in [-0.3, -0.25) is 19.5 Å². The van der Waals surface area contributed by atoms with Gasteiger partial charge in [-0.2, -0.15) is 0 Å². The summed E-state index contributed by atoms with van der Waals surface area (Å²) in [5.74, 6) is 0.272. The number of nitrogens with one attached hydrogen (secondary N) is 1. The van der Waals surface area contributed by atoms with Gasteiger partial charge in [0.25, 0.3) is 5.56 Å². The van der Waals surface area contributed by atoms with Crippen molar-refractivity contribution in [3.05, 3.63) is 98.8 Å². The second-order valence-electron chi connectivity index (χ2n) is 6.97. The molecule has 0 saturated heterocycles. The molecule has 0 aliphatic heterocycles. The van der Waals surface area contributed by atoms with Gasteiger partial charge in [-0.15, -0.1) is 0 Å². The number of aromatic amines is 1. The van der Waals surface area contributed by atoms with Crippen molar-refractivity contribution in [1.82, 2.24) is 9.78 Å². The fourth-order valence-corrected chi connectivity index (χ4v) is 3.84. The molecule has 4 aromatic rings. The number of methoxy groups -OCH3 is 1. The number of rotatable bonds is 3. The zero-order chi connectivity index (χ0) is 20.1. The number of aromatic nitrogens is 2. The molecule has 6 heteroatoms. The predicted octanol–water partition coefficient (Wildman–Crippen LogP) is 3.16. The largest absolute Gasteiger partial charge is 0.497 e. The summed E-state index contributed by atoms with van der Waals surface area (Å²) in [6.07, 6.45) is 0. The van der Waals surface area contributed by atoms with Gasteiger partial charge in [0.2, 0.25) is 0 Å². The zero-order valence-electron chi connectivity index (χ0n) is 15.6. The Morgan fingerprint density at radius 2 is 1.52 bits per heavy atom. The van der Waals surface area contributed by atoms with E-state index in [0.29, 0.717) is 34.1 Å². The fourth-order valence-electron chi connectivity index (χ4n) is 3.84. The van der Waals surface area contributed by atoms with Crippen LogP contribution in [0.3, 0.4) is 0 Å². The number of carbonyl (C=O) groups excluding carboxylic acids is 2. The second-order valence-corrected chi connectivity index (χ2v) is 6.97. The van der Waals surface area contributed by atoms with E-state index >= 15 is 0 Å². The van der Waals surface area contributed by atoms with Gasteiger partial charge in [0, 0.05) is 16.7 Å². The van der Waals surface area contributed by atoms with E-state index in [4.69, 9.17) is 4.74 Å². The molecule has 5 rings (SSSR count). The van der Waals surface area contributed by atoms with Crippen LogP contribution in [0.15, 0.2) is 65.5 Å². The molecule has 0 spiro atoms. The Morgan fingerprint density at radius 1 is 0.828 bits per heavy atom. The number of benzene rings is 3. The molecule has 1 heterocycles. The van der Waals surface area contributed by atoms with Crippen molar-refractivity contribution < 1.29 is 14.3 Å². The molecule has 0 fully saturated rings. The van der Waals surface area contributed by atoms with E-state index in [2.05, 4.69) is 5.10 Å². The fraction of sp³-hybridized carbons (Fsp3) is 0.0870. The van der Waals surface area contributed by atoms with Gasteiger partial charge in [-0.05, 0) is 29.8 Å². The molecule has 0 amide bonds. The number of fused-ring (bicyclic) bond motifs is 4. The summed E-state index contributed by atoms with van der Waals surface area (Å²) in [6.45, 7) is 0.311. The molecule has 142 valence electrons. The minimum absolute atomic E-state index is 0.208. The number of nitrogens with zero attached hydrogens (tertiary/aromatic N) is 1. The number of carbonyl (C=O) groups is 2. The SMILES string of the molecule is COc1ccc(Cn2[nH]c3c4c(ccc3c2=O)C(=O)c2ccccc2C4=O)cc1. The summed E-state index contributed by atoms with van der Waals surface area (Å²) in [5, 5.41) is 3.44. The lowest BCUT2D eigenvalue weighted by Crippen LogP contribution is -2.21. The maximum absolute atomic E-state index is 13.1. The van der Waals surface area contributed by atoms with Crippen molar-refractivity contribution in [2.75, 3.05) is 7.11 Å². The van der Waals surface area contributed by atoms with Crippen molar-refractivity contribution in [2.45, 2.75) is 6.54 Å². The highest BCUT2D eigenvalue weighted by atomic mass is 16.5. The maximum Gasteiger partial charge on any atom is 0.274 e. The Morgan fingerprint density at radius 3 is 2.21 bits per heavy atom. The van der Waals surface area contributed by atoms with Gasteiger partial charge in [0.1, 0.15) is 5.75 Å². The third-order valence-electron chi connectivity index (χ3n) is 5.32. The Kier molecular flexibility index (Phi) is 3.74. The lowest BCUT2D eigenvalue weighted by atomic mass is 9.83. The van der Waals surface area contributed by atoms with E-state index < -0.39 is 0 Å². The van der Waals surface area contributed by atoms with Crippen LogP contribution in [0.5, 0.6) is 5.75 Å². The summed E-state index contributed by atoms with van der Waals surface area (Å²) in [6, 6.07) is 17.3. The van der Waals surface area contributed by atoms with Gasteiger partial charge in [0.05, 0.1) is 30.1 Å². The normalized spacial score (nSPS) is 12.7. The molecule has 0 saturated carbocycles. The van der Waals surface area contributed by atoms with Gasteiger partial charge in [0.15, 0.2) is 11.6 Å². The first-order valence-corrected chi connectivity index (χ1v) is 9.15. The molecule has 1 N–H and O–H groups in total. The van der Waals surface area contributed by atoms with Crippen LogP contribution in [-0.2, 0) is 6.54 Å². The lowest BCUT2D eigenvalue weighted by molar-refractivity contribution is 0.0980. The van der Waals surface area contributed by atoms with Crippen LogP contribution in [-0.4, -0.2) is 28.5 Å². The van der Waals surface area contributed by atoms with Gasteiger partial charge < -0.3 is 4.74 Å².